The minimum Gasteiger partial charge on any atom is -0.465 e. The summed E-state index contributed by atoms with van der Waals surface area (Å²) in [6, 6.07) is 6.88. The molecule has 0 aliphatic rings. The number of carbonyl (C=O) groups is 2. The van der Waals surface area contributed by atoms with E-state index < -0.39 is 17.5 Å². The van der Waals surface area contributed by atoms with Gasteiger partial charge in [-0.3, -0.25) is 0 Å². The van der Waals surface area contributed by atoms with E-state index in [-0.39, 0.29) is 0 Å². The van der Waals surface area contributed by atoms with Gasteiger partial charge >= 0.3 is 11.9 Å². The Morgan fingerprint density at radius 1 is 1.16 bits per heavy atom. The van der Waals surface area contributed by atoms with Crippen LogP contribution in [-0.2, 0) is 14.3 Å². The van der Waals surface area contributed by atoms with E-state index in [4.69, 9.17) is 4.74 Å². The quantitative estimate of drug-likeness (QED) is 0.621. The largest absolute Gasteiger partial charge is 0.465 e. The number of carbonyl (C=O) groups excluding carboxylic acids is 2. The number of rotatable bonds is 3. The van der Waals surface area contributed by atoms with Gasteiger partial charge in [0.2, 0.25) is 0 Å². The molecule has 0 N–H and O–H groups in total. The molecule has 0 aliphatic carbocycles. The Morgan fingerprint density at radius 2 is 1.79 bits per heavy atom. The van der Waals surface area contributed by atoms with Gasteiger partial charge < -0.3 is 9.47 Å². The normalized spacial score (nSPS) is 11.4. The highest BCUT2D eigenvalue weighted by Crippen LogP contribution is 2.13. The summed E-state index contributed by atoms with van der Waals surface area (Å²) in [5.41, 5.74) is 0.480. The lowest BCUT2D eigenvalue weighted by Crippen LogP contribution is -2.22. The average Bonchev–Trinajstić information content (AvgIpc) is 2.33. The van der Waals surface area contributed by atoms with Crippen molar-refractivity contribution in [1.29, 1.82) is 0 Å². The monoisotopic (exact) mass is 262 g/mol. The van der Waals surface area contributed by atoms with E-state index in [0.29, 0.717) is 11.1 Å². The van der Waals surface area contributed by atoms with E-state index in [2.05, 4.69) is 4.74 Å². The van der Waals surface area contributed by atoms with Crippen molar-refractivity contribution in [3.8, 4) is 0 Å². The summed E-state index contributed by atoms with van der Waals surface area (Å²) in [6.45, 7) is 5.38. The van der Waals surface area contributed by atoms with E-state index in [1.165, 1.54) is 13.2 Å². The number of esters is 2. The molecule has 0 amide bonds. The van der Waals surface area contributed by atoms with Crippen LogP contribution >= 0.6 is 0 Å². The van der Waals surface area contributed by atoms with Crippen molar-refractivity contribution in [3.05, 3.63) is 41.5 Å². The summed E-state index contributed by atoms with van der Waals surface area (Å²) in [7, 11) is 1.32. The minimum atomic E-state index is -0.538. The molecule has 0 atom stereocenters. The molecule has 1 aromatic carbocycles. The van der Waals surface area contributed by atoms with Gasteiger partial charge in [-0.2, -0.15) is 0 Å². The first kappa shape index (κ1) is 15.0. The fourth-order valence-corrected chi connectivity index (χ4v) is 1.43. The second kappa shape index (κ2) is 6.18. The van der Waals surface area contributed by atoms with Crippen LogP contribution in [0.2, 0.25) is 0 Å². The molecule has 0 fully saturated rings. The maximum atomic E-state index is 11.6. The lowest BCUT2D eigenvalue weighted by Gasteiger charge is -2.17. The lowest BCUT2D eigenvalue weighted by molar-refractivity contribution is -0.148. The summed E-state index contributed by atoms with van der Waals surface area (Å²) >= 11 is 0. The zero-order valence-corrected chi connectivity index (χ0v) is 11.6. The Hall–Kier alpha value is -2.10. The Morgan fingerprint density at radius 3 is 2.37 bits per heavy atom. The van der Waals surface area contributed by atoms with Crippen molar-refractivity contribution < 1.29 is 19.1 Å². The highest BCUT2D eigenvalue weighted by Gasteiger charge is 2.14. The molecule has 102 valence electrons. The van der Waals surface area contributed by atoms with Crippen molar-refractivity contribution >= 4 is 18.0 Å². The Kier molecular flexibility index (Phi) is 4.87. The maximum absolute atomic E-state index is 11.6. The molecule has 0 aromatic heterocycles. The van der Waals surface area contributed by atoms with Crippen LogP contribution < -0.4 is 0 Å². The standard InChI is InChI=1S/C15H18O4/c1-15(2,3)19-13(16)10-9-11-7-5-6-8-12(11)14(17)18-4/h5-10H,1-4H3. The third kappa shape index (κ3) is 4.95. The van der Waals surface area contributed by atoms with Gasteiger partial charge in [0.1, 0.15) is 5.60 Å². The van der Waals surface area contributed by atoms with Gasteiger partial charge in [-0.15, -0.1) is 0 Å². The molecule has 1 rings (SSSR count). The minimum absolute atomic E-state index is 0.407. The fourth-order valence-electron chi connectivity index (χ4n) is 1.43. The highest BCUT2D eigenvalue weighted by atomic mass is 16.6. The van der Waals surface area contributed by atoms with Gasteiger partial charge in [-0.25, -0.2) is 9.59 Å². The van der Waals surface area contributed by atoms with Crippen LogP contribution in [0.5, 0.6) is 0 Å². The molecular formula is C15H18O4. The molecule has 0 spiro atoms. The molecule has 4 heteroatoms. The predicted octanol–water partition coefficient (Wildman–Crippen LogP) is 2.83. The first-order chi connectivity index (χ1) is 8.83. The van der Waals surface area contributed by atoms with Crippen LogP contribution in [0.25, 0.3) is 6.08 Å². The van der Waals surface area contributed by atoms with Crippen LogP contribution in [0, 0.1) is 0 Å². The van der Waals surface area contributed by atoms with Gasteiger partial charge in [-0.1, -0.05) is 18.2 Å². The third-order valence-corrected chi connectivity index (χ3v) is 2.17. The zero-order valence-electron chi connectivity index (χ0n) is 11.6. The van der Waals surface area contributed by atoms with Gasteiger partial charge in [-0.05, 0) is 38.5 Å². The van der Waals surface area contributed by atoms with Crippen molar-refractivity contribution in [1.82, 2.24) is 0 Å². The van der Waals surface area contributed by atoms with Crippen molar-refractivity contribution in [2.45, 2.75) is 26.4 Å². The SMILES string of the molecule is COC(=O)c1ccccc1C=CC(=O)OC(C)(C)C. The summed E-state index contributed by atoms with van der Waals surface area (Å²) in [5, 5.41) is 0. The van der Waals surface area contributed by atoms with Crippen LogP contribution in [0.1, 0.15) is 36.7 Å². The van der Waals surface area contributed by atoms with Crippen molar-refractivity contribution in [3.63, 3.8) is 0 Å². The van der Waals surface area contributed by atoms with Gasteiger partial charge in [0.05, 0.1) is 12.7 Å². The first-order valence-electron chi connectivity index (χ1n) is 5.92. The van der Waals surface area contributed by atoms with Gasteiger partial charge in [0.25, 0.3) is 0 Å². The van der Waals surface area contributed by atoms with Crippen LogP contribution in [-0.4, -0.2) is 24.6 Å². The molecule has 0 unspecified atom stereocenters. The van der Waals surface area contributed by atoms with Gasteiger partial charge in [0.15, 0.2) is 0 Å². The molecule has 0 saturated carbocycles. The number of ether oxygens (including phenoxy) is 2. The van der Waals surface area contributed by atoms with E-state index >= 15 is 0 Å². The van der Waals surface area contributed by atoms with E-state index in [1.54, 1.807) is 51.1 Å². The Balaban J connectivity index is 2.88. The van der Waals surface area contributed by atoms with Crippen LogP contribution in [0.15, 0.2) is 30.3 Å². The van der Waals surface area contributed by atoms with Crippen LogP contribution in [0.4, 0.5) is 0 Å². The number of hydrogen-bond acceptors (Lipinski definition) is 4. The molecule has 0 radical (unpaired) electrons. The number of hydrogen-bond donors (Lipinski definition) is 0. The van der Waals surface area contributed by atoms with Crippen molar-refractivity contribution in [2.75, 3.05) is 7.11 Å². The molecule has 0 aliphatic heterocycles. The predicted molar refractivity (Wildman–Crippen MR) is 72.7 cm³/mol. The molecule has 0 heterocycles. The molecule has 0 saturated heterocycles. The summed E-state index contributed by atoms with van der Waals surface area (Å²) in [5.74, 6) is -0.892. The smallest absolute Gasteiger partial charge is 0.338 e. The topological polar surface area (TPSA) is 52.6 Å². The molecule has 4 nitrogen and oxygen atoms in total. The number of benzene rings is 1. The second-order valence-corrected chi connectivity index (χ2v) is 4.95. The van der Waals surface area contributed by atoms with Crippen LogP contribution in [0.3, 0.4) is 0 Å². The summed E-state index contributed by atoms with van der Waals surface area (Å²) in [4.78, 5) is 23.1. The lowest BCUT2D eigenvalue weighted by atomic mass is 10.1. The summed E-state index contributed by atoms with van der Waals surface area (Å²) in [6.07, 6.45) is 2.84. The van der Waals surface area contributed by atoms with E-state index in [0.717, 1.165) is 0 Å². The molecule has 0 bridgehead atoms. The average molecular weight is 262 g/mol. The fraction of sp³-hybridized carbons (Fsp3) is 0.333. The van der Waals surface area contributed by atoms with Gasteiger partial charge in [0, 0.05) is 6.08 Å². The third-order valence-electron chi connectivity index (χ3n) is 2.17. The van der Waals surface area contributed by atoms with E-state index in [1.807, 2.05) is 0 Å². The Bertz CT molecular complexity index is 495. The zero-order chi connectivity index (χ0) is 14.5. The second-order valence-electron chi connectivity index (χ2n) is 4.95. The first-order valence-corrected chi connectivity index (χ1v) is 5.92. The maximum Gasteiger partial charge on any atom is 0.338 e. The van der Waals surface area contributed by atoms with Crippen molar-refractivity contribution in [2.24, 2.45) is 0 Å². The number of methoxy groups -OCH3 is 1. The molecular weight excluding hydrogens is 244 g/mol. The molecule has 1 aromatic rings. The van der Waals surface area contributed by atoms with E-state index in [9.17, 15) is 9.59 Å². The molecule has 19 heavy (non-hydrogen) atoms. The summed E-state index contributed by atoms with van der Waals surface area (Å²) < 4.78 is 9.82. The Labute approximate surface area is 113 Å². The highest BCUT2D eigenvalue weighted by molar-refractivity contribution is 5.95.